The summed E-state index contributed by atoms with van der Waals surface area (Å²) >= 11 is 0. The zero-order valence-electron chi connectivity index (χ0n) is 9.44. The number of aromatic nitrogens is 5. The Morgan fingerprint density at radius 1 is 1.21 bits per heavy atom. The molecule has 3 rings (SSSR count). The van der Waals surface area contributed by atoms with Gasteiger partial charge in [-0.15, -0.1) is 10.2 Å². The summed E-state index contributed by atoms with van der Waals surface area (Å²) in [5, 5.41) is 10.8. The minimum Gasteiger partial charge on any atom is -0.415 e. The molecule has 8 heteroatoms. The number of rotatable bonds is 3. The standard InChI is InChI=1S/C11H7F2N5O/c12-9(13)11-17-16-10(19-11)7-2-3-8(14-6-7)18-5-1-4-15-18/h1-6,9H. The van der Waals surface area contributed by atoms with Gasteiger partial charge in [0.1, 0.15) is 0 Å². The molecule has 6 nitrogen and oxygen atoms in total. The number of hydrogen-bond donors (Lipinski definition) is 0. The lowest BCUT2D eigenvalue weighted by Crippen LogP contribution is -1.97. The monoisotopic (exact) mass is 263 g/mol. The Balaban J connectivity index is 1.89. The molecule has 3 heterocycles. The van der Waals surface area contributed by atoms with Crippen LogP contribution in [0.1, 0.15) is 12.3 Å². The van der Waals surface area contributed by atoms with Crippen LogP contribution in [-0.4, -0.2) is 25.0 Å². The van der Waals surface area contributed by atoms with Crippen LogP contribution >= 0.6 is 0 Å². The van der Waals surface area contributed by atoms with Crippen LogP contribution in [0.2, 0.25) is 0 Å². The lowest BCUT2D eigenvalue weighted by molar-refractivity contribution is 0.116. The summed E-state index contributed by atoms with van der Waals surface area (Å²) in [6, 6.07) is 5.09. The van der Waals surface area contributed by atoms with E-state index in [1.165, 1.54) is 6.20 Å². The van der Waals surface area contributed by atoms with Crippen LogP contribution in [0.5, 0.6) is 0 Å². The first-order valence-electron chi connectivity index (χ1n) is 5.32. The Kier molecular flexibility index (Phi) is 2.75. The second-order valence-electron chi connectivity index (χ2n) is 3.60. The maximum Gasteiger partial charge on any atom is 0.314 e. The van der Waals surface area contributed by atoms with Crippen molar-refractivity contribution in [2.45, 2.75) is 6.43 Å². The Morgan fingerprint density at radius 3 is 2.68 bits per heavy atom. The quantitative estimate of drug-likeness (QED) is 0.724. The van der Waals surface area contributed by atoms with Gasteiger partial charge in [0, 0.05) is 18.6 Å². The zero-order valence-corrected chi connectivity index (χ0v) is 9.44. The molecular formula is C11H7F2N5O. The highest BCUT2D eigenvalue weighted by atomic mass is 19.3. The molecule has 0 aliphatic carbocycles. The van der Waals surface area contributed by atoms with Crippen molar-refractivity contribution < 1.29 is 13.2 Å². The average Bonchev–Trinajstić information content (AvgIpc) is 3.11. The van der Waals surface area contributed by atoms with E-state index in [0.717, 1.165) is 0 Å². The molecule has 0 saturated heterocycles. The molecule has 0 aliphatic rings. The van der Waals surface area contributed by atoms with Gasteiger partial charge in [-0.25, -0.2) is 9.67 Å². The van der Waals surface area contributed by atoms with Gasteiger partial charge in [-0.1, -0.05) is 0 Å². The summed E-state index contributed by atoms with van der Waals surface area (Å²) in [6.45, 7) is 0. The predicted octanol–water partition coefficient (Wildman–Crippen LogP) is 2.25. The molecule has 0 saturated carbocycles. The topological polar surface area (TPSA) is 69.6 Å². The molecule has 0 spiro atoms. The Hall–Kier alpha value is -2.64. The molecule has 0 atom stereocenters. The molecule has 3 aromatic rings. The van der Waals surface area contributed by atoms with Gasteiger partial charge in [0.05, 0.1) is 5.56 Å². The van der Waals surface area contributed by atoms with E-state index in [1.807, 2.05) is 0 Å². The fraction of sp³-hybridized carbons (Fsp3) is 0.0909. The molecule has 0 aliphatic heterocycles. The summed E-state index contributed by atoms with van der Waals surface area (Å²) in [5.41, 5.74) is 0.468. The molecule has 0 unspecified atom stereocenters. The largest absolute Gasteiger partial charge is 0.415 e. The molecule has 0 aromatic carbocycles. The lowest BCUT2D eigenvalue weighted by Gasteiger charge is -2.00. The molecule has 0 N–H and O–H groups in total. The maximum absolute atomic E-state index is 12.3. The highest BCUT2D eigenvalue weighted by Gasteiger charge is 2.17. The van der Waals surface area contributed by atoms with Crippen molar-refractivity contribution >= 4 is 0 Å². The number of pyridine rings is 1. The van der Waals surface area contributed by atoms with Crippen molar-refractivity contribution in [1.29, 1.82) is 0 Å². The number of hydrogen-bond acceptors (Lipinski definition) is 5. The van der Waals surface area contributed by atoms with Gasteiger partial charge in [-0.05, 0) is 18.2 Å². The van der Waals surface area contributed by atoms with E-state index in [2.05, 4.69) is 20.3 Å². The number of halogens is 2. The van der Waals surface area contributed by atoms with E-state index < -0.39 is 12.3 Å². The van der Waals surface area contributed by atoms with Gasteiger partial charge in [0.25, 0.3) is 5.89 Å². The minimum absolute atomic E-state index is 0.00909. The summed E-state index contributed by atoms with van der Waals surface area (Å²) in [4.78, 5) is 4.14. The van der Waals surface area contributed by atoms with Crippen LogP contribution in [0.3, 0.4) is 0 Å². The second-order valence-corrected chi connectivity index (χ2v) is 3.60. The van der Waals surface area contributed by atoms with Crippen molar-refractivity contribution in [3.63, 3.8) is 0 Å². The Bertz CT molecular complexity index is 663. The number of nitrogens with zero attached hydrogens (tertiary/aromatic N) is 5. The average molecular weight is 263 g/mol. The van der Waals surface area contributed by atoms with Crippen molar-refractivity contribution in [3.8, 4) is 17.3 Å². The molecule has 3 aromatic heterocycles. The Morgan fingerprint density at radius 2 is 2.11 bits per heavy atom. The first kappa shape index (κ1) is 11.5. The van der Waals surface area contributed by atoms with Gasteiger partial charge in [0.15, 0.2) is 5.82 Å². The third kappa shape index (κ3) is 2.19. The van der Waals surface area contributed by atoms with Crippen LogP contribution in [0.4, 0.5) is 8.78 Å². The highest BCUT2D eigenvalue weighted by Crippen LogP contribution is 2.22. The van der Waals surface area contributed by atoms with E-state index in [4.69, 9.17) is 4.42 Å². The summed E-state index contributed by atoms with van der Waals surface area (Å²) in [5.74, 6) is -0.0942. The molecule has 0 fully saturated rings. The van der Waals surface area contributed by atoms with E-state index >= 15 is 0 Å². The third-order valence-electron chi connectivity index (χ3n) is 2.36. The fourth-order valence-corrected chi connectivity index (χ4v) is 1.49. The van der Waals surface area contributed by atoms with Crippen LogP contribution < -0.4 is 0 Å². The fourth-order valence-electron chi connectivity index (χ4n) is 1.49. The molecule has 96 valence electrons. The zero-order chi connectivity index (χ0) is 13.2. The molecule has 19 heavy (non-hydrogen) atoms. The molecule has 0 amide bonds. The smallest absolute Gasteiger partial charge is 0.314 e. The molecule has 0 radical (unpaired) electrons. The molecular weight excluding hydrogens is 256 g/mol. The van der Waals surface area contributed by atoms with E-state index in [1.54, 1.807) is 35.3 Å². The Labute approximate surface area is 105 Å². The van der Waals surface area contributed by atoms with Crippen molar-refractivity contribution in [3.05, 3.63) is 42.7 Å². The highest BCUT2D eigenvalue weighted by molar-refractivity contribution is 5.51. The normalized spacial score (nSPS) is 11.1. The summed E-state index contributed by atoms with van der Waals surface area (Å²) < 4.78 is 31.0. The lowest BCUT2D eigenvalue weighted by atomic mass is 10.3. The van der Waals surface area contributed by atoms with Crippen molar-refractivity contribution in [1.82, 2.24) is 25.0 Å². The minimum atomic E-state index is -2.78. The van der Waals surface area contributed by atoms with Gasteiger partial charge in [0.2, 0.25) is 5.89 Å². The summed E-state index contributed by atoms with van der Waals surface area (Å²) in [7, 11) is 0. The third-order valence-corrected chi connectivity index (χ3v) is 2.36. The van der Waals surface area contributed by atoms with Crippen LogP contribution in [-0.2, 0) is 0 Å². The predicted molar refractivity (Wildman–Crippen MR) is 59.6 cm³/mol. The first-order chi connectivity index (χ1) is 9.24. The van der Waals surface area contributed by atoms with Gasteiger partial charge < -0.3 is 4.42 Å². The van der Waals surface area contributed by atoms with E-state index in [9.17, 15) is 8.78 Å². The van der Waals surface area contributed by atoms with Crippen LogP contribution in [0, 0.1) is 0 Å². The second kappa shape index (κ2) is 4.56. The van der Waals surface area contributed by atoms with Gasteiger partial charge in [-0.3, -0.25) is 0 Å². The SMILES string of the molecule is FC(F)c1nnc(-c2ccc(-n3cccn3)nc2)o1. The van der Waals surface area contributed by atoms with Gasteiger partial charge in [-0.2, -0.15) is 13.9 Å². The number of alkyl halides is 2. The van der Waals surface area contributed by atoms with Crippen molar-refractivity contribution in [2.75, 3.05) is 0 Å². The van der Waals surface area contributed by atoms with E-state index in [-0.39, 0.29) is 5.89 Å². The first-order valence-corrected chi connectivity index (χ1v) is 5.32. The maximum atomic E-state index is 12.3. The van der Waals surface area contributed by atoms with E-state index in [0.29, 0.717) is 11.4 Å². The van der Waals surface area contributed by atoms with Crippen LogP contribution in [0.25, 0.3) is 17.3 Å². The van der Waals surface area contributed by atoms with Crippen molar-refractivity contribution in [2.24, 2.45) is 0 Å². The molecule has 0 bridgehead atoms. The van der Waals surface area contributed by atoms with Gasteiger partial charge >= 0.3 is 6.43 Å². The summed E-state index contributed by atoms with van der Waals surface area (Å²) in [6.07, 6.45) is 2.05. The van der Waals surface area contributed by atoms with Crippen LogP contribution in [0.15, 0.2) is 41.2 Å².